The number of hydrogen-bond donors (Lipinski definition) is 1. The van der Waals surface area contributed by atoms with Gasteiger partial charge in [-0.15, -0.1) is 0 Å². The molecule has 0 bridgehead atoms. The van der Waals surface area contributed by atoms with Gasteiger partial charge in [0.15, 0.2) is 0 Å². The van der Waals surface area contributed by atoms with Crippen molar-refractivity contribution < 1.29 is 13.2 Å². The van der Waals surface area contributed by atoms with E-state index in [9.17, 15) is 8.42 Å². The molecule has 0 aromatic heterocycles. The smallest absolute Gasteiger partial charge is 0.214 e. The quantitative estimate of drug-likeness (QED) is 0.868. The number of benzene rings is 1. The van der Waals surface area contributed by atoms with Gasteiger partial charge in [-0.1, -0.05) is 28.1 Å². The summed E-state index contributed by atoms with van der Waals surface area (Å²) in [7, 11) is -1.85. The van der Waals surface area contributed by atoms with Crippen LogP contribution in [0.2, 0.25) is 0 Å². The van der Waals surface area contributed by atoms with E-state index in [1.807, 2.05) is 31.2 Å². The standard InChI is InChI=1S/C12H18BrNO3S/c1-9(17-3)8-18(15,16)14-10(2)11-5-4-6-12(13)7-11/h4-7,9-10,14H,8H2,1-3H3/t9-,10-/m0/s1. The fourth-order valence-electron chi connectivity index (χ4n) is 1.54. The Labute approximate surface area is 117 Å². The van der Waals surface area contributed by atoms with Gasteiger partial charge in [0.1, 0.15) is 0 Å². The van der Waals surface area contributed by atoms with E-state index in [4.69, 9.17) is 4.74 Å². The number of rotatable bonds is 6. The van der Waals surface area contributed by atoms with Crippen molar-refractivity contribution in [1.29, 1.82) is 0 Å². The molecule has 0 fully saturated rings. The maximum absolute atomic E-state index is 11.9. The van der Waals surface area contributed by atoms with Crippen LogP contribution in [0.15, 0.2) is 28.7 Å². The van der Waals surface area contributed by atoms with Gasteiger partial charge in [-0.2, -0.15) is 0 Å². The number of hydrogen-bond acceptors (Lipinski definition) is 3. The van der Waals surface area contributed by atoms with E-state index >= 15 is 0 Å². The number of sulfonamides is 1. The molecule has 0 radical (unpaired) electrons. The third-order valence-electron chi connectivity index (χ3n) is 2.56. The molecule has 0 unspecified atom stereocenters. The molecule has 0 heterocycles. The van der Waals surface area contributed by atoms with Crippen LogP contribution < -0.4 is 4.72 Å². The summed E-state index contributed by atoms with van der Waals surface area (Å²) in [6.07, 6.45) is -0.322. The van der Waals surface area contributed by atoms with E-state index < -0.39 is 10.0 Å². The predicted molar refractivity (Wildman–Crippen MR) is 76.0 cm³/mol. The minimum absolute atomic E-state index is 0.0398. The minimum atomic E-state index is -3.34. The maximum atomic E-state index is 11.9. The molecule has 1 N–H and O–H groups in total. The maximum Gasteiger partial charge on any atom is 0.214 e. The summed E-state index contributed by atoms with van der Waals surface area (Å²) in [6.45, 7) is 3.54. The van der Waals surface area contributed by atoms with Crippen LogP contribution in [0.5, 0.6) is 0 Å². The molecule has 0 saturated carbocycles. The average molecular weight is 336 g/mol. The van der Waals surface area contributed by atoms with Crippen molar-refractivity contribution in [3.63, 3.8) is 0 Å². The zero-order valence-electron chi connectivity index (χ0n) is 10.7. The van der Waals surface area contributed by atoms with Crippen molar-refractivity contribution >= 4 is 26.0 Å². The van der Waals surface area contributed by atoms with Gasteiger partial charge in [-0.3, -0.25) is 0 Å². The summed E-state index contributed by atoms with van der Waals surface area (Å²) >= 11 is 3.36. The van der Waals surface area contributed by atoms with Gasteiger partial charge in [0, 0.05) is 17.6 Å². The average Bonchev–Trinajstić information content (AvgIpc) is 2.27. The van der Waals surface area contributed by atoms with Gasteiger partial charge in [-0.25, -0.2) is 13.1 Å². The molecule has 0 saturated heterocycles. The number of nitrogens with one attached hydrogen (secondary N) is 1. The predicted octanol–water partition coefficient (Wildman–Crippen LogP) is 2.46. The van der Waals surface area contributed by atoms with E-state index in [0.29, 0.717) is 0 Å². The molecule has 6 heteroatoms. The molecule has 1 aromatic rings. The molecule has 0 aliphatic carbocycles. The molecule has 18 heavy (non-hydrogen) atoms. The number of methoxy groups -OCH3 is 1. The van der Waals surface area contributed by atoms with Crippen LogP contribution >= 0.6 is 15.9 Å². The van der Waals surface area contributed by atoms with Gasteiger partial charge in [-0.05, 0) is 31.5 Å². The van der Waals surface area contributed by atoms with Crippen molar-refractivity contribution in [2.75, 3.05) is 12.9 Å². The first-order valence-corrected chi connectivity index (χ1v) is 8.07. The van der Waals surface area contributed by atoms with Crippen LogP contribution in [0.3, 0.4) is 0 Å². The lowest BCUT2D eigenvalue weighted by Gasteiger charge is -2.16. The van der Waals surface area contributed by atoms with Crippen molar-refractivity contribution in [3.8, 4) is 0 Å². The summed E-state index contributed by atoms with van der Waals surface area (Å²) in [5.74, 6) is -0.0398. The van der Waals surface area contributed by atoms with Crippen LogP contribution in [0.4, 0.5) is 0 Å². The third-order valence-corrected chi connectivity index (χ3v) is 4.68. The summed E-state index contributed by atoms with van der Waals surface area (Å²) in [4.78, 5) is 0. The first kappa shape index (κ1) is 15.6. The SMILES string of the molecule is CO[C@@H](C)CS(=O)(=O)N[C@@H](C)c1cccc(Br)c1. The van der Waals surface area contributed by atoms with E-state index in [1.54, 1.807) is 6.92 Å². The fourth-order valence-corrected chi connectivity index (χ4v) is 3.48. The largest absolute Gasteiger partial charge is 0.381 e. The van der Waals surface area contributed by atoms with Crippen LogP contribution in [-0.2, 0) is 14.8 Å². The van der Waals surface area contributed by atoms with Gasteiger partial charge in [0.05, 0.1) is 11.9 Å². The highest BCUT2D eigenvalue weighted by Crippen LogP contribution is 2.18. The second-order valence-electron chi connectivity index (χ2n) is 4.22. The van der Waals surface area contributed by atoms with Crippen LogP contribution in [-0.4, -0.2) is 27.4 Å². The molecule has 4 nitrogen and oxygen atoms in total. The van der Waals surface area contributed by atoms with E-state index in [0.717, 1.165) is 10.0 Å². The Bertz CT molecular complexity index is 490. The molecular formula is C12H18BrNO3S. The Hall–Kier alpha value is -0.430. The summed E-state index contributed by atoms with van der Waals surface area (Å²) in [5, 5.41) is 0. The van der Waals surface area contributed by atoms with Crippen molar-refractivity contribution in [3.05, 3.63) is 34.3 Å². The van der Waals surface area contributed by atoms with Crippen molar-refractivity contribution in [1.82, 2.24) is 4.72 Å². The summed E-state index contributed by atoms with van der Waals surface area (Å²) in [5.41, 5.74) is 0.915. The highest BCUT2D eigenvalue weighted by Gasteiger charge is 2.18. The molecule has 0 aliphatic rings. The molecule has 102 valence electrons. The van der Waals surface area contributed by atoms with Crippen molar-refractivity contribution in [2.24, 2.45) is 0 Å². The number of ether oxygens (including phenoxy) is 1. The monoisotopic (exact) mass is 335 g/mol. The minimum Gasteiger partial charge on any atom is -0.381 e. The highest BCUT2D eigenvalue weighted by molar-refractivity contribution is 9.10. The molecular weight excluding hydrogens is 318 g/mol. The molecule has 0 amide bonds. The Balaban J connectivity index is 2.72. The lowest BCUT2D eigenvalue weighted by Crippen LogP contribution is -2.33. The molecule has 2 atom stereocenters. The lowest BCUT2D eigenvalue weighted by molar-refractivity contribution is 0.136. The van der Waals surface area contributed by atoms with Gasteiger partial charge >= 0.3 is 0 Å². The Kier molecular flexibility index (Phi) is 5.78. The Morgan fingerprint density at radius 3 is 2.61 bits per heavy atom. The second kappa shape index (κ2) is 6.65. The zero-order chi connectivity index (χ0) is 13.8. The van der Waals surface area contributed by atoms with Gasteiger partial charge < -0.3 is 4.74 Å². The van der Waals surface area contributed by atoms with E-state index in [2.05, 4.69) is 20.7 Å². The fraction of sp³-hybridized carbons (Fsp3) is 0.500. The van der Waals surface area contributed by atoms with Crippen LogP contribution in [0.1, 0.15) is 25.5 Å². The van der Waals surface area contributed by atoms with Crippen molar-refractivity contribution in [2.45, 2.75) is 26.0 Å². The molecule has 0 aliphatic heterocycles. The first-order chi connectivity index (χ1) is 8.34. The topological polar surface area (TPSA) is 55.4 Å². The molecule has 1 rings (SSSR count). The normalized spacial score (nSPS) is 15.3. The first-order valence-electron chi connectivity index (χ1n) is 5.62. The van der Waals surface area contributed by atoms with Crippen LogP contribution in [0, 0.1) is 0 Å². The van der Waals surface area contributed by atoms with E-state index in [-0.39, 0.29) is 17.9 Å². The van der Waals surface area contributed by atoms with Gasteiger partial charge in [0.25, 0.3) is 0 Å². The zero-order valence-corrected chi connectivity index (χ0v) is 13.1. The highest BCUT2D eigenvalue weighted by atomic mass is 79.9. The third kappa shape index (κ3) is 5.06. The molecule has 0 spiro atoms. The Morgan fingerprint density at radius 1 is 1.39 bits per heavy atom. The lowest BCUT2D eigenvalue weighted by atomic mass is 10.1. The summed E-state index contributed by atoms with van der Waals surface area (Å²) < 4.78 is 32.3. The van der Waals surface area contributed by atoms with Gasteiger partial charge in [0.2, 0.25) is 10.0 Å². The summed E-state index contributed by atoms with van der Waals surface area (Å²) in [6, 6.07) is 7.29. The number of halogens is 1. The second-order valence-corrected chi connectivity index (χ2v) is 6.94. The Morgan fingerprint density at radius 2 is 2.06 bits per heavy atom. The van der Waals surface area contributed by atoms with E-state index in [1.165, 1.54) is 7.11 Å². The van der Waals surface area contributed by atoms with Crippen LogP contribution in [0.25, 0.3) is 0 Å². The molecule has 1 aromatic carbocycles.